The molecule has 226 valence electrons. The summed E-state index contributed by atoms with van der Waals surface area (Å²) in [6.45, 7) is 6.02. The van der Waals surface area contributed by atoms with Gasteiger partial charge in [-0.25, -0.2) is 4.39 Å². The molecule has 1 saturated heterocycles. The van der Waals surface area contributed by atoms with Crippen molar-refractivity contribution >= 4 is 46.7 Å². The minimum absolute atomic E-state index is 0.0823. The van der Waals surface area contributed by atoms with Crippen LogP contribution in [0.2, 0.25) is 10.0 Å². The van der Waals surface area contributed by atoms with Crippen molar-refractivity contribution in [1.29, 1.82) is 0 Å². The maximum absolute atomic E-state index is 15.9. The molecule has 2 heterocycles. The number of benzene rings is 2. The number of hydrogen-bond acceptors (Lipinski definition) is 6. The number of esters is 1. The first-order valence-electron chi connectivity index (χ1n) is 14.4. The molecule has 1 aliphatic carbocycles. The van der Waals surface area contributed by atoms with Crippen LogP contribution in [0, 0.1) is 11.2 Å². The summed E-state index contributed by atoms with van der Waals surface area (Å²) in [4.78, 5) is 40.0. The molecular formula is C31H37Cl2FN4O4. The number of fused-ring (bicyclic) bond motifs is 2. The Labute approximate surface area is 255 Å². The predicted molar refractivity (Wildman–Crippen MR) is 160 cm³/mol. The van der Waals surface area contributed by atoms with E-state index in [0.717, 1.165) is 0 Å². The van der Waals surface area contributed by atoms with E-state index in [1.165, 1.54) is 6.07 Å². The molecule has 2 fully saturated rings. The Kier molecular flexibility index (Phi) is 8.60. The Morgan fingerprint density at radius 3 is 2.52 bits per heavy atom. The topological polar surface area (TPSA) is 123 Å². The Hall–Kier alpha value is -2.72. The number of hydrogen-bond donors (Lipinski definition) is 4. The molecule has 0 unspecified atom stereocenters. The minimum atomic E-state index is -1.31. The molecule has 2 amide bonds. The molecule has 2 aromatic carbocycles. The van der Waals surface area contributed by atoms with Crippen molar-refractivity contribution in [3.8, 4) is 0 Å². The van der Waals surface area contributed by atoms with Gasteiger partial charge in [0.05, 0.1) is 17.6 Å². The summed E-state index contributed by atoms with van der Waals surface area (Å²) in [5.74, 6) is -2.66. The normalized spacial score (nSPS) is 28.8. The second-order valence-corrected chi connectivity index (χ2v) is 13.6. The van der Waals surface area contributed by atoms with E-state index in [9.17, 15) is 14.4 Å². The zero-order valence-electron chi connectivity index (χ0n) is 23.9. The van der Waals surface area contributed by atoms with Crippen molar-refractivity contribution in [2.24, 2.45) is 11.1 Å². The quantitative estimate of drug-likeness (QED) is 0.345. The van der Waals surface area contributed by atoms with Gasteiger partial charge in [-0.15, -0.1) is 0 Å². The van der Waals surface area contributed by atoms with Crippen LogP contribution in [0.5, 0.6) is 0 Å². The standard InChI is InChI=1S/C31H37Cl2FN4O4/c1-30(2,3)14-23-31(20-12-7-16(32)13-22(20)37-29(31)41)25(19-5-4-6-21(33)26(19)34)27(38-23)28(40)36-17-8-10-18(11-9-17)42-24(39)15-35/h4-7,12-13,17-18,23,25,27,38H,8-11,14-15,35H2,1-3H3,(H,36,40)(H,37,41)/t17-,18-,23-,25+,27-,31+/m1/s1. The van der Waals surface area contributed by atoms with E-state index in [1.54, 1.807) is 30.3 Å². The molecule has 4 atom stereocenters. The number of nitrogens with one attached hydrogen (secondary N) is 3. The molecular weight excluding hydrogens is 582 g/mol. The maximum Gasteiger partial charge on any atom is 0.319 e. The summed E-state index contributed by atoms with van der Waals surface area (Å²) < 4.78 is 21.3. The van der Waals surface area contributed by atoms with Gasteiger partial charge in [-0.1, -0.05) is 62.2 Å². The van der Waals surface area contributed by atoms with Gasteiger partial charge in [-0.05, 0) is 66.8 Å². The average Bonchev–Trinajstić information content (AvgIpc) is 3.40. The van der Waals surface area contributed by atoms with Crippen LogP contribution >= 0.6 is 23.2 Å². The summed E-state index contributed by atoms with van der Waals surface area (Å²) in [6.07, 6.45) is 2.69. The van der Waals surface area contributed by atoms with E-state index in [-0.39, 0.29) is 46.5 Å². The lowest BCUT2D eigenvalue weighted by molar-refractivity contribution is -0.149. The Balaban J connectivity index is 1.55. The predicted octanol–water partition coefficient (Wildman–Crippen LogP) is 4.81. The first kappa shape index (κ1) is 30.7. The molecule has 0 radical (unpaired) electrons. The molecule has 2 aromatic rings. The van der Waals surface area contributed by atoms with E-state index in [2.05, 4.69) is 36.7 Å². The van der Waals surface area contributed by atoms with Crippen LogP contribution in [0.15, 0.2) is 36.4 Å². The number of rotatable bonds is 6. The first-order valence-corrected chi connectivity index (χ1v) is 15.1. The van der Waals surface area contributed by atoms with Crippen LogP contribution in [0.25, 0.3) is 0 Å². The Bertz CT molecular complexity index is 1390. The molecule has 8 nitrogen and oxygen atoms in total. The van der Waals surface area contributed by atoms with Crippen LogP contribution in [-0.2, 0) is 24.5 Å². The third-order valence-electron chi connectivity index (χ3n) is 8.71. The molecule has 0 aromatic heterocycles. The number of anilines is 1. The van der Waals surface area contributed by atoms with Crippen molar-refractivity contribution in [3.05, 3.63) is 63.4 Å². The molecule has 0 bridgehead atoms. The highest BCUT2D eigenvalue weighted by Crippen LogP contribution is 2.57. The van der Waals surface area contributed by atoms with Gasteiger partial charge >= 0.3 is 5.97 Å². The molecule has 11 heteroatoms. The highest BCUT2D eigenvalue weighted by Gasteiger charge is 2.66. The number of carbonyl (C=O) groups is 3. The molecule has 5 N–H and O–H groups in total. The van der Waals surface area contributed by atoms with Gasteiger partial charge in [0.2, 0.25) is 11.8 Å². The van der Waals surface area contributed by atoms with Crippen LogP contribution in [0.3, 0.4) is 0 Å². The lowest BCUT2D eigenvalue weighted by atomic mass is 9.62. The fourth-order valence-electron chi connectivity index (χ4n) is 7.00. The maximum atomic E-state index is 15.9. The fraction of sp³-hybridized carbons (Fsp3) is 0.516. The second kappa shape index (κ2) is 11.8. The summed E-state index contributed by atoms with van der Waals surface area (Å²) in [7, 11) is 0. The van der Waals surface area contributed by atoms with Crippen LogP contribution < -0.4 is 21.7 Å². The van der Waals surface area contributed by atoms with Crippen molar-refractivity contribution < 1.29 is 23.5 Å². The molecule has 1 spiro atoms. The van der Waals surface area contributed by atoms with Gasteiger partial charge in [-0.2, -0.15) is 0 Å². The van der Waals surface area contributed by atoms with Crippen molar-refractivity contribution in [1.82, 2.24) is 10.6 Å². The SMILES string of the molecule is CC(C)(C)C[C@H]1N[C@@H](C(=O)N[C@H]2CC[C@H](OC(=O)CN)CC2)[C@H](c2cccc(Cl)c2F)[C@@]12C(=O)Nc1cc(Cl)ccc12. The third kappa shape index (κ3) is 5.64. The zero-order chi connectivity index (χ0) is 30.4. The zero-order valence-corrected chi connectivity index (χ0v) is 25.4. The first-order chi connectivity index (χ1) is 19.8. The van der Waals surface area contributed by atoms with E-state index in [4.69, 9.17) is 33.7 Å². The minimum Gasteiger partial charge on any atom is -0.461 e. The monoisotopic (exact) mass is 618 g/mol. The lowest BCUT2D eigenvalue weighted by Crippen LogP contribution is -2.50. The number of nitrogens with two attached hydrogens (primary N) is 1. The summed E-state index contributed by atoms with van der Waals surface area (Å²) in [5, 5.41) is 10.00. The number of carbonyl (C=O) groups excluding carboxylic acids is 3. The van der Waals surface area contributed by atoms with E-state index >= 15 is 4.39 Å². The molecule has 2 aliphatic heterocycles. The second-order valence-electron chi connectivity index (χ2n) is 12.8. The van der Waals surface area contributed by atoms with Crippen molar-refractivity contribution in [2.75, 3.05) is 11.9 Å². The number of ether oxygens (including phenoxy) is 1. The highest BCUT2D eigenvalue weighted by atomic mass is 35.5. The summed E-state index contributed by atoms with van der Waals surface area (Å²) in [5.41, 5.74) is 5.24. The number of amides is 2. The van der Waals surface area contributed by atoms with E-state index < -0.39 is 35.2 Å². The van der Waals surface area contributed by atoms with Gasteiger partial charge in [0.1, 0.15) is 17.3 Å². The molecule has 5 rings (SSSR count). The van der Waals surface area contributed by atoms with Gasteiger partial charge in [0.15, 0.2) is 0 Å². The summed E-state index contributed by atoms with van der Waals surface area (Å²) >= 11 is 12.6. The Morgan fingerprint density at radius 2 is 1.86 bits per heavy atom. The van der Waals surface area contributed by atoms with E-state index in [1.807, 2.05) is 0 Å². The van der Waals surface area contributed by atoms with Gasteiger partial charge in [-0.3, -0.25) is 14.4 Å². The van der Waals surface area contributed by atoms with Gasteiger partial charge < -0.3 is 26.4 Å². The third-order valence-corrected chi connectivity index (χ3v) is 9.23. The molecule has 42 heavy (non-hydrogen) atoms. The van der Waals surface area contributed by atoms with Crippen LogP contribution in [0.1, 0.15) is 69.9 Å². The van der Waals surface area contributed by atoms with Crippen LogP contribution in [-0.4, -0.2) is 48.6 Å². The van der Waals surface area contributed by atoms with Crippen molar-refractivity contribution in [2.45, 2.75) is 88.4 Å². The van der Waals surface area contributed by atoms with Gasteiger partial charge in [0, 0.05) is 28.7 Å². The van der Waals surface area contributed by atoms with E-state index in [0.29, 0.717) is 48.4 Å². The fourth-order valence-corrected chi connectivity index (χ4v) is 7.36. The summed E-state index contributed by atoms with van der Waals surface area (Å²) in [6, 6.07) is 8.28. The largest absolute Gasteiger partial charge is 0.461 e. The Morgan fingerprint density at radius 1 is 1.14 bits per heavy atom. The smallest absolute Gasteiger partial charge is 0.319 e. The molecule has 3 aliphatic rings. The highest BCUT2D eigenvalue weighted by molar-refractivity contribution is 6.31. The lowest BCUT2D eigenvalue weighted by Gasteiger charge is -2.38. The number of halogens is 3. The van der Waals surface area contributed by atoms with Crippen LogP contribution in [0.4, 0.5) is 10.1 Å². The van der Waals surface area contributed by atoms with Crippen molar-refractivity contribution in [3.63, 3.8) is 0 Å². The average molecular weight is 620 g/mol. The molecule has 1 saturated carbocycles. The van der Waals surface area contributed by atoms with Gasteiger partial charge in [0.25, 0.3) is 0 Å².